The summed E-state index contributed by atoms with van der Waals surface area (Å²) >= 11 is 0. The van der Waals surface area contributed by atoms with Crippen LogP contribution in [0.15, 0.2) is 16.8 Å². The maximum Gasteiger partial charge on any atom is 0.326 e. The molecule has 1 amide bonds. The number of aliphatic hydroxyl groups is 1. The Balaban J connectivity index is 1.35. The van der Waals surface area contributed by atoms with Crippen molar-refractivity contribution >= 4 is 23.6 Å². The van der Waals surface area contributed by atoms with Crippen molar-refractivity contribution in [2.75, 3.05) is 6.61 Å². The van der Waals surface area contributed by atoms with Crippen LogP contribution < -0.4 is 5.32 Å². The van der Waals surface area contributed by atoms with Gasteiger partial charge < -0.3 is 25.5 Å². The number of aliphatic carboxylic acids is 2. The van der Waals surface area contributed by atoms with E-state index in [1.807, 2.05) is 0 Å². The number of carboxylic acid groups (broad SMARTS) is 2. The van der Waals surface area contributed by atoms with Crippen LogP contribution in [0.2, 0.25) is 0 Å². The van der Waals surface area contributed by atoms with Crippen LogP contribution in [-0.4, -0.2) is 57.6 Å². The number of carbonyl (C=O) groups excluding carboxylic acids is 1. The van der Waals surface area contributed by atoms with Crippen molar-refractivity contribution in [3.63, 3.8) is 0 Å². The van der Waals surface area contributed by atoms with Crippen molar-refractivity contribution < 1.29 is 34.5 Å². The molecule has 0 aromatic rings. The summed E-state index contributed by atoms with van der Waals surface area (Å²) < 4.78 is 0. The smallest absolute Gasteiger partial charge is 0.326 e. The molecule has 0 spiro atoms. The number of fused-ring (bicyclic) bond motifs is 5. The molecular weight excluding hydrogens is 452 g/mol. The van der Waals surface area contributed by atoms with Crippen LogP contribution in [0.4, 0.5) is 0 Å². The van der Waals surface area contributed by atoms with E-state index in [4.69, 9.17) is 15.1 Å². The van der Waals surface area contributed by atoms with E-state index in [9.17, 15) is 19.5 Å². The van der Waals surface area contributed by atoms with Gasteiger partial charge in [0, 0.05) is 6.42 Å². The molecule has 0 radical (unpaired) electrons. The Labute approximate surface area is 206 Å². The van der Waals surface area contributed by atoms with Gasteiger partial charge in [-0.15, -0.1) is 0 Å². The van der Waals surface area contributed by atoms with Crippen molar-refractivity contribution in [2.45, 2.75) is 90.2 Å². The third kappa shape index (κ3) is 4.97. The number of rotatable bonds is 8. The molecule has 3 saturated carbocycles. The minimum atomic E-state index is -1.28. The van der Waals surface area contributed by atoms with Gasteiger partial charge in [0.1, 0.15) is 6.04 Å². The van der Waals surface area contributed by atoms with E-state index in [1.165, 1.54) is 5.57 Å². The average molecular weight is 491 g/mol. The van der Waals surface area contributed by atoms with Gasteiger partial charge in [0.2, 0.25) is 0 Å². The Hall–Kier alpha value is -2.42. The minimum absolute atomic E-state index is 0.0711. The summed E-state index contributed by atoms with van der Waals surface area (Å²) in [5.74, 6) is -1.16. The van der Waals surface area contributed by atoms with Gasteiger partial charge in [-0.2, -0.15) is 0 Å². The summed E-state index contributed by atoms with van der Waals surface area (Å²) in [6, 6.07) is -1.28. The summed E-state index contributed by atoms with van der Waals surface area (Å²) in [5.41, 5.74) is 2.40. The van der Waals surface area contributed by atoms with E-state index < -0.39 is 30.5 Å². The number of oxime groups is 1. The Bertz CT molecular complexity index is 931. The fourth-order valence-electron chi connectivity index (χ4n) is 7.55. The molecule has 7 atom stereocenters. The van der Waals surface area contributed by atoms with Crippen LogP contribution in [0, 0.1) is 28.6 Å². The van der Waals surface area contributed by atoms with Crippen LogP contribution >= 0.6 is 0 Å². The van der Waals surface area contributed by atoms with Crippen LogP contribution in [0.25, 0.3) is 0 Å². The zero-order valence-corrected chi connectivity index (χ0v) is 20.7. The number of hydrogen-bond donors (Lipinski definition) is 4. The second-order valence-electron chi connectivity index (χ2n) is 11.4. The quantitative estimate of drug-likeness (QED) is 0.382. The van der Waals surface area contributed by atoms with Gasteiger partial charge in [0.15, 0.2) is 6.61 Å². The van der Waals surface area contributed by atoms with Crippen LogP contribution in [0.3, 0.4) is 0 Å². The molecule has 0 saturated heterocycles. The first-order valence-corrected chi connectivity index (χ1v) is 12.9. The Morgan fingerprint density at radius 2 is 1.89 bits per heavy atom. The largest absolute Gasteiger partial charge is 0.481 e. The molecule has 3 fully saturated rings. The lowest BCUT2D eigenvalue weighted by molar-refractivity contribution is -0.143. The molecule has 0 unspecified atom stereocenters. The van der Waals surface area contributed by atoms with E-state index in [2.05, 4.69) is 30.4 Å². The highest BCUT2D eigenvalue weighted by atomic mass is 16.6. The number of nitrogens with zero attached hydrogens (tertiary/aromatic N) is 1. The van der Waals surface area contributed by atoms with Crippen molar-refractivity contribution in [3.05, 3.63) is 11.6 Å². The molecule has 0 bridgehead atoms. The predicted octanol–water partition coefficient (Wildman–Crippen LogP) is 3.12. The van der Waals surface area contributed by atoms with Crippen LogP contribution in [0.1, 0.15) is 78.1 Å². The minimum Gasteiger partial charge on any atom is -0.481 e. The van der Waals surface area contributed by atoms with Gasteiger partial charge in [0.25, 0.3) is 5.91 Å². The van der Waals surface area contributed by atoms with E-state index >= 15 is 0 Å². The molecule has 0 aliphatic heterocycles. The van der Waals surface area contributed by atoms with E-state index in [0.717, 1.165) is 57.1 Å². The Morgan fingerprint density at radius 1 is 1.11 bits per heavy atom. The van der Waals surface area contributed by atoms with Crippen molar-refractivity contribution in [3.8, 4) is 0 Å². The average Bonchev–Trinajstić information content (AvgIpc) is 3.11. The maximum absolute atomic E-state index is 12.1. The molecule has 194 valence electrons. The summed E-state index contributed by atoms with van der Waals surface area (Å²) in [5, 5.41) is 35.0. The molecular formula is C26H38N2O7. The normalized spacial score (nSPS) is 37.9. The maximum atomic E-state index is 12.1. The fourth-order valence-corrected chi connectivity index (χ4v) is 7.55. The predicted molar refractivity (Wildman–Crippen MR) is 128 cm³/mol. The topological polar surface area (TPSA) is 146 Å². The molecule has 0 heterocycles. The standard InChI is InChI=1S/C26H38N2O7/c1-25-11-9-16(28-35-14-22(30)27-20(24(33)34)6-8-23(31)32)13-15(25)3-4-17-18-5-7-21(29)26(18,2)12-10-19(17)25/h13,17-21,29H,3-12,14H2,1-2H3,(H,27,30)(H,31,32)(H,33,34)/b28-16-/t17-,18-,19-,20-,21-,25-,26-/m0/s1. The lowest BCUT2D eigenvalue weighted by Crippen LogP contribution is -2.51. The summed E-state index contributed by atoms with van der Waals surface area (Å²) in [4.78, 5) is 39.2. The summed E-state index contributed by atoms with van der Waals surface area (Å²) in [6.07, 6.45) is 9.61. The number of aliphatic hydroxyl groups excluding tert-OH is 1. The van der Waals surface area contributed by atoms with Crippen molar-refractivity contribution in [1.82, 2.24) is 5.32 Å². The molecule has 0 aromatic heterocycles. The van der Waals surface area contributed by atoms with Crippen LogP contribution in [0.5, 0.6) is 0 Å². The first-order valence-electron chi connectivity index (χ1n) is 12.9. The van der Waals surface area contributed by atoms with Gasteiger partial charge in [-0.1, -0.05) is 24.6 Å². The van der Waals surface area contributed by atoms with E-state index in [-0.39, 0.29) is 29.8 Å². The highest BCUT2D eigenvalue weighted by Gasteiger charge is 2.58. The molecule has 9 nitrogen and oxygen atoms in total. The lowest BCUT2D eigenvalue weighted by Gasteiger charge is -2.57. The molecule has 0 aromatic carbocycles. The number of nitrogens with one attached hydrogen (secondary N) is 1. The van der Waals surface area contributed by atoms with Gasteiger partial charge in [-0.3, -0.25) is 9.59 Å². The number of carbonyl (C=O) groups is 3. The lowest BCUT2D eigenvalue weighted by atomic mass is 9.47. The van der Waals surface area contributed by atoms with Crippen molar-refractivity contribution in [1.29, 1.82) is 0 Å². The first-order chi connectivity index (χ1) is 16.5. The first kappa shape index (κ1) is 25.7. The number of allylic oxidation sites excluding steroid dienone is 2. The van der Waals surface area contributed by atoms with Gasteiger partial charge in [0.05, 0.1) is 11.8 Å². The molecule has 4 rings (SSSR count). The summed E-state index contributed by atoms with van der Waals surface area (Å²) in [6.45, 7) is 4.26. The number of amides is 1. The highest BCUT2D eigenvalue weighted by molar-refractivity contribution is 5.96. The third-order valence-corrected chi connectivity index (χ3v) is 9.58. The van der Waals surface area contributed by atoms with Gasteiger partial charge >= 0.3 is 11.9 Å². The van der Waals surface area contributed by atoms with E-state index in [0.29, 0.717) is 17.8 Å². The van der Waals surface area contributed by atoms with Crippen molar-refractivity contribution in [2.24, 2.45) is 33.7 Å². The van der Waals surface area contributed by atoms with Gasteiger partial charge in [-0.05, 0) is 92.4 Å². The monoisotopic (exact) mass is 490 g/mol. The third-order valence-electron chi connectivity index (χ3n) is 9.58. The zero-order chi connectivity index (χ0) is 25.4. The molecule has 35 heavy (non-hydrogen) atoms. The Kier molecular flexibility index (Phi) is 7.27. The molecule has 4 aliphatic rings. The molecule has 4 N–H and O–H groups in total. The highest BCUT2D eigenvalue weighted by Crippen LogP contribution is 2.65. The Morgan fingerprint density at radius 3 is 2.60 bits per heavy atom. The second kappa shape index (κ2) is 9.91. The van der Waals surface area contributed by atoms with Gasteiger partial charge in [-0.25, -0.2) is 4.79 Å². The SMILES string of the molecule is C[C@]12CC[C@H]3[C@@H](CCC4=C/C(=N\OCC(=O)N[C@@H](CCC(=O)O)C(=O)O)CC[C@@]43C)[C@@H]1CC[C@@H]2O. The van der Waals surface area contributed by atoms with Crippen LogP contribution in [-0.2, 0) is 19.2 Å². The zero-order valence-electron chi connectivity index (χ0n) is 20.7. The fraction of sp³-hybridized carbons (Fsp3) is 0.769. The van der Waals surface area contributed by atoms with E-state index in [1.54, 1.807) is 0 Å². The summed E-state index contributed by atoms with van der Waals surface area (Å²) in [7, 11) is 0. The molecule has 4 aliphatic carbocycles. The molecule has 9 heteroatoms. The number of carboxylic acids is 2. The second-order valence-corrected chi connectivity index (χ2v) is 11.4. The number of hydrogen-bond acceptors (Lipinski definition) is 6.